The number of carboxylic acid groups (broad SMARTS) is 1. The van der Waals surface area contributed by atoms with Gasteiger partial charge >= 0.3 is 5.97 Å². The van der Waals surface area contributed by atoms with E-state index in [0.717, 1.165) is 12.1 Å². The first kappa shape index (κ1) is 13.9. The summed E-state index contributed by atoms with van der Waals surface area (Å²) < 4.78 is 57.6. The zero-order valence-corrected chi connectivity index (χ0v) is 9.66. The third-order valence-electron chi connectivity index (χ3n) is 2.30. The van der Waals surface area contributed by atoms with E-state index >= 15 is 0 Å². The number of carbonyl (C=O) groups is 1. The van der Waals surface area contributed by atoms with E-state index in [1.165, 1.54) is 0 Å². The average Bonchev–Trinajstić information content (AvgIpc) is 2.32. The van der Waals surface area contributed by atoms with Gasteiger partial charge in [0.25, 0.3) is 0 Å². The quantitative estimate of drug-likeness (QED) is 0.874. The molecule has 0 radical (unpaired) electrons. The van der Waals surface area contributed by atoms with Crippen molar-refractivity contribution in [3.63, 3.8) is 0 Å². The normalized spacial score (nSPS) is 10.4. The smallest absolute Gasteiger partial charge is 0.335 e. The minimum absolute atomic E-state index is 0.455. The van der Waals surface area contributed by atoms with Crippen LogP contribution in [-0.2, 0) is 0 Å². The van der Waals surface area contributed by atoms with Gasteiger partial charge in [0.15, 0.2) is 17.4 Å². The van der Waals surface area contributed by atoms with Gasteiger partial charge in [0, 0.05) is 18.2 Å². The van der Waals surface area contributed by atoms with Crippen molar-refractivity contribution < 1.29 is 32.2 Å². The van der Waals surface area contributed by atoms with Gasteiger partial charge in [-0.3, -0.25) is 0 Å². The summed E-state index contributed by atoms with van der Waals surface area (Å²) in [4.78, 5) is 10.6. The molecule has 0 heterocycles. The first-order valence-corrected chi connectivity index (χ1v) is 5.23. The lowest BCUT2D eigenvalue weighted by molar-refractivity contribution is 0.0695. The van der Waals surface area contributed by atoms with Crippen molar-refractivity contribution in [2.24, 2.45) is 0 Å². The summed E-state index contributed by atoms with van der Waals surface area (Å²) in [5, 5.41) is 8.61. The van der Waals surface area contributed by atoms with Crippen molar-refractivity contribution in [2.45, 2.75) is 0 Å². The second-order valence-electron chi connectivity index (χ2n) is 3.78. The number of hydrogen-bond acceptors (Lipinski definition) is 2. The van der Waals surface area contributed by atoms with Gasteiger partial charge in [-0.15, -0.1) is 0 Å². The molecule has 0 atom stereocenters. The Morgan fingerprint density at radius 3 is 1.85 bits per heavy atom. The Hall–Kier alpha value is -2.57. The fourth-order valence-electron chi connectivity index (χ4n) is 1.49. The molecule has 3 nitrogen and oxygen atoms in total. The number of halogens is 4. The van der Waals surface area contributed by atoms with Crippen molar-refractivity contribution in [2.75, 3.05) is 0 Å². The molecule has 20 heavy (non-hydrogen) atoms. The molecule has 0 saturated carbocycles. The summed E-state index contributed by atoms with van der Waals surface area (Å²) in [5.74, 6) is -7.49. The number of benzene rings is 2. The van der Waals surface area contributed by atoms with Crippen molar-refractivity contribution in [3.8, 4) is 11.5 Å². The van der Waals surface area contributed by atoms with Crippen LogP contribution in [-0.4, -0.2) is 11.1 Å². The molecule has 1 N–H and O–H groups in total. The van der Waals surface area contributed by atoms with Crippen LogP contribution in [0.3, 0.4) is 0 Å². The van der Waals surface area contributed by atoms with Crippen LogP contribution in [0.25, 0.3) is 0 Å². The summed E-state index contributed by atoms with van der Waals surface area (Å²) in [7, 11) is 0. The Balaban J connectivity index is 2.41. The molecule has 0 aliphatic heterocycles. The Bertz CT molecular complexity index is 642. The molecule has 0 spiro atoms. The molecule has 2 aromatic rings. The van der Waals surface area contributed by atoms with E-state index in [2.05, 4.69) is 0 Å². The minimum Gasteiger partial charge on any atom is -0.478 e. The third-order valence-corrected chi connectivity index (χ3v) is 2.30. The van der Waals surface area contributed by atoms with Crippen LogP contribution in [0.2, 0.25) is 0 Å². The molecule has 0 bridgehead atoms. The predicted molar refractivity (Wildman–Crippen MR) is 59.7 cm³/mol. The average molecular weight is 286 g/mol. The van der Waals surface area contributed by atoms with Crippen molar-refractivity contribution in [1.29, 1.82) is 0 Å². The first-order chi connectivity index (χ1) is 9.36. The predicted octanol–water partition coefficient (Wildman–Crippen LogP) is 3.73. The van der Waals surface area contributed by atoms with Crippen LogP contribution in [0.1, 0.15) is 10.4 Å². The Morgan fingerprint density at radius 1 is 0.900 bits per heavy atom. The van der Waals surface area contributed by atoms with Crippen LogP contribution < -0.4 is 4.74 Å². The fourth-order valence-corrected chi connectivity index (χ4v) is 1.49. The van der Waals surface area contributed by atoms with Crippen molar-refractivity contribution >= 4 is 5.97 Å². The van der Waals surface area contributed by atoms with Gasteiger partial charge in [0.05, 0.1) is 5.56 Å². The lowest BCUT2D eigenvalue weighted by atomic mass is 10.2. The molecule has 0 amide bonds. The van der Waals surface area contributed by atoms with E-state index < -0.39 is 46.3 Å². The molecular formula is C13H6F4O3. The van der Waals surface area contributed by atoms with Crippen LogP contribution in [0.15, 0.2) is 30.3 Å². The summed E-state index contributed by atoms with van der Waals surface area (Å²) in [5.41, 5.74) is -0.613. The lowest BCUT2D eigenvalue weighted by Gasteiger charge is -2.09. The Morgan fingerprint density at radius 2 is 1.40 bits per heavy atom. The molecule has 0 aromatic heterocycles. The molecule has 0 fully saturated rings. The molecular weight excluding hydrogens is 280 g/mol. The van der Waals surface area contributed by atoms with E-state index in [4.69, 9.17) is 9.84 Å². The van der Waals surface area contributed by atoms with Gasteiger partial charge < -0.3 is 9.84 Å². The largest absolute Gasteiger partial charge is 0.478 e. The monoisotopic (exact) mass is 286 g/mol. The summed E-state index contributed by atoms with van der Waals surface area (Å²) in [6.07, 6.45) is 0. The highest BCUT2D eigenvalue weighted by molar-refractivity contribution is 5.87. The molecule has 2 aromatic carbocycles. The van der Waals surface area contributed by atoms with Crippen molar-refractivity contribution in [1.82, 2.24) is 0 Å². The highest BCUT2D eigenvalue weighted by atomic mass is 19.1. The molecule has 0 unspecified atom stereocenters. The topological polar surface area (TPSA) is 46.5 Å². The fraction of sp³-hybridized carbons (Fsp3) is 0. The SMILES string of the molecule is O=C(O)c1cc(F)c(Oc2cc(F)cc(F)c2)c(F)c1. The number of aromatic carboxylic acids is 1. The van der Waals surface area contributed by atoms with Gasteiger partial charge in [-0.05, 0) is 12.1 Å². The summed E-state index contributed by atoms with van der Waals surface area (Å²) in [6.45, 7) is 0. The molecule has 0 aliphatic carbocycles. The van der Waals surface area contributed by atoms with Crippen LogP contribution in [0.5, 0.6) is 11.5 Å². The van der Waals surface area contributed by atoms with Gasteiger partial charge in [0.1, 0.15) is 17.4 Å². The molecule has 7 heteroatoms. The van der Waals surface area contributed by atoms with Crippen LogP contribution in [0, 0.1) is 23.3 Å². The Kier molecular flexibility index (Phi) is 3.60. The minimum atomic E-state index is -1.52. The number of ether oxygens (including phenoxy) is 1. The number of rotatable bonds is 3. The van der Waals surface area contributed by atoms with Crippen LogP contribution in [0.4, 0.5) is 17.6 Å². The maximum absolute atomic E-state index is 13.5. The highest BCUT2D eigenvalue weighted by Gasteiger charge is 2.17. The zero-order chi connectivity index (χ0) is 14.9. The van der Waals surface area contributed by atoms with E-state index in [0.29, 0.717) is 18.2 Å². The van der Waals surface area contributed by atoms with E-state index in [1.54, 1.807) is 0 Å². The summed E-state index contributed by atoms with van der Waals surface area (Å²) >= 11 is 0. The second-order valence-corrected chi connectivity index (χ2v) is 3.78. The van der Waals surface area contributed by atoms with Gasteiger partial charge in [-0.2, -0.15) is 0 Å². The highest BCUT2D eigenvalue weighted by Crippen LogP contribution is 2.29. The van der Waals surface area contributed by atoms with Gasteiger partial charge in [-0.25, -0.2) is 22.4 Å². The Labute approximate surface area is 110 Å². The van der Waals surface area contributed by atoms with E-state index in [-0.39, 0.29) is 0 Å². The number of hydrogen-bond donors (Lipinski definition) is 1. The van der Waals surface area contributed by atoms with E-state index in [9.17, 15) is 22.4 Å². The van der Waals surface area contributed by atoms with Crippen molar-refractivity contribution in [3.05, 3.63) is 59.2 Å². The van der Waals surface area contributed by atoms with E-state index in [1.807, 2.05) is 0 Å². The maximum Gasteiger partial charge on any atom is 0.335 e. The zero-order valence-electron chi connectivity index (χ0n) is 9.66. The first-order valence-electron chi connectivity index (χ1n) is 5.23. The van der Waals surface area contributed by atoms with Crippen LogP contribution >= 0.6 is 0 Å². The number of carboxylic acids is 1. The lowest BCUT2D eigenvalue weighted by Crippen LogP contribution is -2.01. The molecule has 0 aliphatic rings. The second kappa shape index (κ2) is 5.20. The van der Waals surface area contributed by atoms with Gasteiger partial charge in [0.2, 0.25) is 0 Å². The summed E-state index contributed by atoms with van der Waals surface area (Å²) in [6, 6.07) is 3.10. The third kappa shape index (κ3) is 2.87. The maximum atomic E-state index is 13.5. The molecule has 2 rings (SSSR count). The standard InChI is InChI=1S/C13H6F4O3/c14-7-3-8(15)5-9(4-7)20-12-10(16)1-6(13(18)19)2-11(12)17/h1-5H,(H,18,19). The molecule has 0 saturated heterocycles. The van der Waals surface area contributed by atoms with Gasteiger partial charge in [-0.1, -0.05) is 0 Å². The molecule has 104 valence electrons.